The first kappa shape index (κ1) is 19.7. The Balaban J connectivity index is 1.94. The zero-order chi connectivity index (χ0) is 19.3. The van der Waals surface area contributed by atoms with Gasteiger partial charge < -0.3 is 15.5 Å². The van der Waals surface area contributed by atoms with Crippen LogP contribution in [0.25, 0.3) is 0 Å². The first-order valence-corrected chi connectivity index (χ1v) is 11.3. The van der Waals surface area contributed by atoms with Crippen molar-refractivity contribution in [2.45, 2.75) is 17.6 Å². The molecule has 1 aromatic carbocycles. The van der Waals surface area contributed by atoms with E-state index in [1.807, 2.05) is 13.0 Å². The smallest absolute Gasteiger partial charge is 0.271 e. The van der Waals surface area contributed by atoms with Crippen molar-refractivity contribution in [3.8, 4) is 0 Å². The molecule has 0 aliphatic carbocycles. The largest absolute Gasteiger partial charge is 0.367 e. The lowest BCUT2D eigenvalue weighted by Gasteiger charge is -2.31. The monoisotopic (exact) mass is 408 g/mol. The zero-order valence-corrected chi connectivity index (χ0v) is 16.8. The third-order valence-corrected chi connectivity index (χ3v) is 7.02. The SMILES string of the molecule is CCCNC(=O)c1ccc(N2CCNCC2)c(NS(=O)(=O)c2cccs2)c1. The Morgan fingerprint density at radius 1 is 1.26 bits per heavy atom. The van der Waals surface area contributed by atoms with Gasteiger partial charge in [0.05, 0.1) is 11.4 Å². The van der Waals surface area contributed by atoms with Crippen molar-refractivity contribution in [3.63, 3.8) is 0 Å². The van der Waals surface area contributed by atoms with Crippen LogP contribution in [0, 0.1) is 0 Å². The molecule has 0 spiro atoms. The molecule has 1 aliphatic heterocycles. The lowest BCUT2D eigenvalue weighted by molar-refractivity contribution is 0.0953. The Hall–Kier alpha value is -2.10. The minimum atomic E-state index is -3.70. The minimum Gasteiger partial charge on any atom is -0.367 e. The van der Waals surface area contributed by atoms with E-state index in [1.165, 1.54) is 0 Å². The normalized spacial score (nSPS) is 14.8. The number of thiophene rings is 1. The summed E-state index contributed by atoms with van der Waals surface area (Å²) in [5, 5.41) is 7.83. The zero-order valence-electron chi connectivity index (χ0n) is 15.2. The van der Waals surface area contributed by atoms with Gasteiger partial charge in [-0.05, 0) is 36.1 Å². The van der Waals surface area contributed by atoms with E-state index in [2.05, 4.69) is 20.3 Å². The van der Waals surface area contributed by atoms with Gasteiger partial charge in [-0.1, -0.05) is 13.0 Å². The molecule has 0 radical (unpaired) electrons. The molecule has 0 saturated carbocycles. The van der Waals surface area contributed by atoms with Gasteiger partial charge in [0.15, 0.2) is 0 Å². The van der Waals surface area contributed by atoms with Gasteiger partial charge in [0.1, 0.15) is 4.21 Å². The fourth-order valence-electron chi connectivity index (χ4n) is 2.89. The lowest BCUT2D eigenvalue weighted by Crippen LogP contribution is -2.43. The van der Waals surface area contributed by atoms with Crippen molar-refractivity contribution in [1.29, 1.82) is 0 Å². The topological polar surface area (TPSA) is 90.5 Å². The number of anilines is 2. The second-order valence-corrected chi connectivity index (χ2v) is 9.12. The highest BCUT2D eigenvalue weighted by Gasteiger charge is 2.21. The van der Waals surface area contributed by atoms with Gasteiger partial charge in [0.25, 0.3) is 15.9 Å². The van der Waals surface area contributed by atoms with E-state index in [9.17, 15) is 13.2 Å². The molecule has 1 aromatic heterocycles. The standard InChI is InChI=1S/C18H24N4O3S2/c1-2-7-20-18(23)14-5-6-16(22-10-8-19-9-11-22)15(13-14)21-27(24,25)17-4-3-12-26-17/h3-6,12-13,19,21H,2,7-11H2,1H3,(H,20,23). The molecule has 3 rings (SSSR count). The fourth-order valence-corrected chi connectivity index (χ4v) is 4.95. The Labute approximate surface area is 163 Å². The molecule has 0 atom stereocenters. The summed E-state index contributed by atoms with van der Waals surface area (Å²) in [5.41, 5.74) is 1.64. The Bertz CT molecular complexity index is 876. The number of rotatable bonds is 7. The van der Waals surface area contributed by atoms with E-state index in [0.29, 0.717) is 17.8 Å². The molecular formula is C18H24N4O3S2. The van der Waals surface area contributed by atoms with Crippen molar-refractivity contribution >= 4 is 38.6 Å². The lowest BCUT2D eigenvalue weighted by atomic mass is 10.1. The number of benzene rings is 1. The van der Waals surface area contributed by atoms with Crippen LogP contribution in [0.3, 0.4) is 0 Å². The molecule has 146 valence electrons. The summed E-state index contributed by atoms with van der Waals surface area (Å²) in [6.07, 6.45) is 0.836. The molecule has 1 saturated heterocycles. The third-order valence-electron chi connectivity index (χ3n) is 4.26. The van der Waals surface area contributed by atoms with Gasteiger partial charge in [-0.15, -0.1) is 11.3 Å². The second-order valence-electron chi connectivity index (χ2n) is 6.26. The summed E-state index contributed by atoms with van der Waals surface area (Å²) in [6, 6.07) is 8.44. The highest BCUT2D eigenvalue weighted by Crippen LogP contribution is 2.30. The van der Waals surface area contributed by atoms with E-state index in [1.54, 1.807) is 29.6 Å². The number of amides is 1. The molecule has 27 heavy (non-hydrogen) atoms. The van der Waals surface area contributed by atoms with Gasteiger partial charge in [0, 0.05) is 38.3 Å². The molecule has 7 nitrogen and oxygen atoms in total. The average Bonchev–Trinajstić information content (AvgIpc) is 3.22. The van der Waals surface area contributed by atoms with Crippen LogP contribution in [-0.2, 0) is 10.0 Å². The Kier molecular flexibility index (Phi) is 6.35. The molecule has 3 N–H and O–H groups in total. The van der Waals surface area contributed by atoms with E-state index < -0.39 is 10.0 Å². The maximum atomic E-state index is 12.7. The number of hydrogen-bond donors (Lipinski definition) is 3. The third kappa shape index (κ3) is 4.79. The van der Waals surface area contributed by atoms with Crippen LogP contribution in [0.1, 0.15) is 23.7 Å². The summed E-state index contributed by atoms with van der Waals surface area (Å²) in [5.74, 6) is -0.208. The first-order valence-electron chi connectivity index (χ1n) is 8.95. The number of carbonyl (C=O) groups is 1. The number of nitrogens with zero attached hydrogens (tertiary/aromatic N) is 1. The van der Waals surface area contributed by atoms with E-state index in [-0.39, 0.29) is 10.1 Å². The second kappa shape index (κ2) is 8.73. The Morgan fingerprint density at radius 3 is 2.70 bits per heavy atom. The van der Waals surface area contributed by atoms with E-state index in [4.69, 9.17) is 0 Å². The number of nitrogens with one attached hydrogen (secondary N) is 3. The fraction of sp³-hybridized carbons (Fsp3) is 0.389. The first-order chi connectivity index (χ1) is 13.0. The number of piperazine rings is 1. The van der Waals surface area contributed by atoms with Gasteiger partial charge in [-0.3, -0.25) is 9.52 Å². The van der Waals surface area contributed by atoms with Crippen molar-refractivity contribution in [2.75, 3.05) is 42.3 Å². The molecule has 1 fully saturated rings. The number of carbonyl (C=O) groups excluding carboxylic acids is 1. The summed E-state index contributed by atoms with van der Waals surface area (Å²) >= 11 is 1.16. The Morgan fingerprint density at radius 2 is 2.04 bits per heavy atom. The van der Waals surface area contributed by atoms with Crippen LogP contribution in [0.15, 0.2) is 39.9 Å². The summed E-state index contributed by atoms with van der Waals surface area (Å²) in [6.45, 7) is 5.76. The van der Waals surface area contributed by atoms with Gasteiger partial charge in [-0.25, -0.2) is 8.42 Å². The van der Waals surface area contributed by atoms with E-state index in [0.717, 1.165) is 49.6 Å². The predicted octanol–water partition coefficient (Wildman–Crippen LogP) is 2.10. The summed E-state index contributed by atoms with van der Waals surface area (Å²) in [7, 11) is -3.70. The highest BCUT2D eigenvalue weighted by molar-refractivity contribution is 7.94. The minimum absolute atomic E-state index is 0.208. The summed E-state index contributed by atoms with van der Waals surface area (Å²) in [4.78, 5) is 14.4. The van der Waals surface area contributed by atoms with Crippen molar-refractivity contribution in [2.24, 2.45) is 0 Å². The van der Waals surface area contributed by atoms with Gasteiger partial charge in [0.2, 0.25) is 0 Å². The van der Waals surface area contributed by atoms with Crippen LogP contribution in [0.5, 0.6) is 0 Å². The molecule has 9 heteroatoms. The average molecular weight is 409 g/mol. The van der Waals surface area contributed by atoms with E-state index >= 15 is 0 Å². The van der Waals surface area contributed by atoms with Gasteiger partial charge >= 0.3 is 0 Å². The number of hydrogen-bond acceptors (Lipinski definition) is 6. The van der Waals surface area contributed by atoms with Crippen molar-refractivity contribution < 1.29 is 13.2 Å². The molecule has 2 aromatic rings. The highest BCUT2D eigenvalue weighted by atomic mass is 32.2. The quantitative estimate of drug-likeness (QED) is 0.653. The molecule has 2 heterocycles. The van der Waals surface area contributed by atoms with Crippen LogP contribution < -0.4 is 20.3 Å². The van der Waals surface area contributed by atoms with Crippen LogP contribution in [-0.4, -0.2) is 47.0 Å². The van der Waals surface area contributed by atoms with Crippen LogP contribution in [0.2, 0.25) is 0 Å². The molecular weight excluding hydrogens is 384 g/mol. The molecule has 0 bridgehead atoms. The molecule has 0 unspecified atom stereocenters. The van der Waals surface area contributed by atoms with Gasteiger partial charge in [-0.2, -0.15) is 0 Å². The molecule has 1 amide bonds. The molecule has 1 aliphatic rings. The summed E-state index contributed by atoms with van der Waals surface area (Å²) < 4.78 is 28.4. The maximum Gasteiger partial charge on any atom is 0.271 e. The van der Waals surface area contributed by atoms with Crippen molar-refractivity contribution in [1.82, 2.24) is 10.6 Å². The number of sulfonamides is 1. The van der Waals surface area contributed by atoms with Crippen LogP contribution >= 0.6 is 11.3 Å². The predicted molar refractivity (Wildman–Crippen MR) is 109 cm³/mol. The maximum absolute atomic E-state index is 12.7. The van der Waals surface area contributed by atoms with Crippen molar-refractivity contribution in [3.05, 3.63) is 41.3 Å². The van der Waals surface area contributed by atoms with Crippen LogP contribution in [0.4, 0.5) is 11.4 Å².